The van der Waals surface area contributed by atoms with Crippen molar-refractivity contribution in [3.63, 3.8) is 0 Å². The Bertz CT molecular complexity index is 600. The standard InChI is InChI=1S/C14H11F3O2S/c1-9-2-7-13(20-9)12(18)8-10-3-5-11(6-4-10)19-14(15,16)17/h2-7H,8H2,1H3. The highest BCUT2D eigenvalue weighted by Gasteiger charge is 2.30. The second-order valence-corrected chi connectivity index (χ2v) is 5.49. The van der Waals surface area contributed by atoms with Gasteiger partial charge < -0.3 is 4.74 Å². The average Bonchev–Trinajstić information content (AvgIpc) is 2.77. The number of ether oxygens (including phenoxy) is 1. The maximum absolute atomic E-state index is 12.0. The first-order valence-corrected chi connectivity index (χ1v) is 6.59. The molecule has 1 aromatic carbocycles. The van der Waals surface area contributed by atoms with Crippen molar-refractivity contribution in [2.45, 2.75) is 19.7 Å². The molecule has 0 aliphatic carbocycles. The summed E-state index contributed by atoms with van der Waals surface area (Å²) in [7, 11) is 0. The van der Waals surface area contributed by atoms with Crippen molar-refractivity contribution < 1.29 is 22.7 Å². The molecule has 106 valence electrons. The average molecular weight is 300 g/mol. The summed E-state index contributed by atoms with van der Waals surface area (Å²) in [4.78, 5) is 13.6. The number of ketones is 1. The number of hydrogen-bond acceptors (Lipinski definition) is 3. The Kier molecular flexibility index (Phi) is 4.13. The molecule has 0 unspecified atom stereocenters. The minimum absolute atomic E-state index is 0.0485. The van der Waals surface area contributed by atoms with E-state index in [2.05, 4.69) is 4.74 Å². The van der Waals surface area contributed by atoms with Gasteiger partial charge >= 0.3 is 6.36 Å². The number of Topliss-reactive ketones (excluding diaryl/α,β-unsaturated/α-hetero) is 1. The van der Waals surface area contributed by atoms with Gasteiger partial charge in [-0.25, -0.2) is 0 Å². The molecule has 0 atom stereocenters. The molecule has 6 heteroatoms. The summed E-state index contributed by atoms with van der Waals surface area (Å²) in [5.41, 5.74) is 0.649. The van der Waals surface area contributed by atoms with E-state index in [9.17, 15) is 18.0 Å². The van der Waals surface area contributed by atoms with Gasteiger partial charge in [-0.15, -0.1) is 24.5 Å². The molecule has 2 rings (SSSR count). The molecule has 0 aliphatic rings. The molecular weight excluding hydrogens is 289 g/mol. The van der Waals surface area contributed by atoms with Gasteiger partial charge in [-0.05, 0) is 36.8 Å². The van der Waals surface area contributed by atoms with Crippen molar-refractivity contribution in [2.24, 2.45) is 0 Å². The van der Waals surface area contributed by atoms with Crippen LogP contribution in [0.2, 0.25) is 0 Å². The van der Waals surface area contributed by atoms with E-state index >= 15 is 0 Å². The lowest BCUT2D eigenvalue weighted by Crippen LogP contribution is -2.17. The van der Waals surface area contributed by atoms with E-state index < -0.39 is 6.36 Å². The molecule has 1 heterocycles. The van der Waals surface area contributed by atoms with Gasteiger partial charge in [0.05, 0.1) is 4.88 Å². The number of benzene rings is 1. The predicted octanol–water partition coefficient (Wildman–Crippen LogP) is 4.38. The van der Waals surface area contributed by atoms with Crippen molar-refractivity contribution in [3.05, 3.63) is 51.7 Å². The molecule has 20 heavy (non-hydrogen) atoms. The van der Waals surface area contributed by atoms with Crippen LogP contribution in [0.3, 0.4) is 0 Å². The van der Waals surface area contributed by atoms with E-state index in [4.69, 9.17) is 0 Å². The van der Waals surface area contributed by atoms with E-state index in [0.717, 1.165) is 4.88 Å². The monoisotopic (exact) mass is 300 g/mol. The third kappa shape index (κ3) is 4.09. The Morgan fingerprint density at radius 3 is 2.30 bits per heavy atom. The zero-order chi connectivity index (χ0) is 14.8. The van der Waals surface area contributed by atoms with Crippen LogP contribution < -0.4 is 4.74 Å². The van der Waals surface area contributed by atoms with Crippen molar-refractivity contribution >= 4 is 17.1 Å². The van der Waals surface area contributed by atoms with Gasteiger partial charge in [-0.1, -0.05) is 12.1 Å². The Morgan fingerprint density at radius 2 is 1.80 bits per heavy atom. The molecule has 0 fully saturated rings. The molecule has 0 spiro atoms. The Morgan fingerprint density at radius 1 is 1.15 bits per heavy atom. The number of carbonyl (C=O) groups is 1. The number of carbonyl (C=O) groups excluding carboxylic acids is 1. The predicted molar refractivity (Wildman–Crippen MR) is 70.2 cm³/mol. The first-order valence-electron chi connectivity index (χ1n) is 5.78. The first kappa shape index (κ1) is 14.6. The zero-order valence-electron chi connectivity index (χ0n) is 10.5. The summed E-state index contributed by atoms with van der Waals surface area (Å²) in [6, 6.07) is 8.94. The summed E-state index contributed by atoms with van der Waals surface area (Å²) in [6.07, 6.45) is -4.54. The lowest BCUT2D eigenvalue weighted by molar-refractivity contribution is -0.274. The van der Waals surface area contributed by atoms with Crippen LogP contribution >= 0.6 is 11.3 Å². The van der Waals surface area contributed by atoms with Crippen molar-refractivity contribution in [1.82, 2.24) is 0 Å². The van der Waals surface area contributed by atoms with Crippen molar-refractivity contribution in [2.75, 3.05) is 0 Å². The summed E-state index contributed by atoms with van der Waals surface area (Å²) >= 11 is 1.40. The number of hydrogen-bond donors (Lipinski definition) is 0. The third-order valence-corrected chi connectivity index (χ3v) is 3.58. The van der Waals surface area contributed by atoms with Crippen LogP contribution in [0.15, 0.2) is 36.4 Å². The normalized spacial score (nSPS) is 11.4. The van der Waals surface area contributed by atoms with Crippen molar-refractivity contribution in [1.29, 1.82) is 0 Å². The highest BCUT2D eigenvalue weighted by molar-refractivity contribution is 7.14. The van der Waals surface area contributed by atoms with Crippen LogP contribution in [0.4, 0.5) is 13.2 Å². The fraction of sp³-hybridized carbons (Fsp3) is 0.214. The molecule has 2 aromatic rings. The van der Waals surface area contributed by atoms with Gasteiger partial charge in [0.2, 0.25) is 0 Å². The van der Waals surface area contributed by atoms with E-state index in [0.29, 0.717) is 10.4 Å². The van der Waals surface area contributed by atoms with Gasteiger partial charge in [0.1, 0.15) is 5.75 Å². The summed E-state index contributed by atoms with van der Waals surface area (Å²) < 4.78 is 39.8. The van der Waals surface area contributed by atoms with E-state index in [1.807, 2.05) is 13.0 Å². The van der Waals surface area contributed by atoms with Gasteiger partial charge in [-0.3, -0.25) is 4.79 Å². The highest BCUT2D eigenvalue weighted by atomic mass is 32.1. The van der Waals surface area contributed by atoms with Crippen molar-refractivity contribution in [3.8, 4) is 5.75 Å². The maximum Gasteiger partial charge on any atom is 0.573 e. The molecular formula is C14H11F3O2S. The fourth-order valence-electron chi connectivity index (χ4n) is 1.67. The SMILES string of the molecule is Cc1ccc(C(=O)Cc2ccc(OC(F)(F)F)cc2)s1. The lowest BCUT2D eigenvalue weighted by Gasteiger charge is -2.08. The van der Waals surface area contributed by atoms with Gasteiger partial charge in [-0.2, -0.15) is 0 Å². The number of alkyl halides is 3. The topological polar surface area (TPSA) is 26.3 Å². The van der Waals surface area contributed by atoms with Crippen LogP contribution in [-0.2, 0) is 6.42 Å². The fourth-order valence-corrected chi connectivity index (χ4v) is 2.47. The van der Waals surface area contributed by atoms with Crippen LogP contribution in [0.1, 0.15) is 20.1 Å². The largest absolute Gasteiger partial charge is 0.573 e. The quantitative estimate of drug-likeness (QED) is 0.783. The van der Waals surface area contributed by atoms with Crippen LogP contribution in [0, 0.1) is 6.92 Å². The molecule has 2 nitrogen and oxygen atoms in total. The summed E-state index contributed by atoms with van der Waals surface area (Å²) in [6.45, 7) is 1.91. The smallest absolute Gasteiger partial charge is 0.406 e. The van der Waals surface area contributed by atoms with E-state index in [-0.39, 0.29) is 18.0 Å². The minimum atomic E-state index is -4.70. The number of halogens is 3. The molecule has 0 saturated carbocycles. The maximum atomic E-state index is 12.0. The summed E-state index contributed by atoms with van der Waals surface area (Å²) in [5, 5.41) is 0. The van der Waals surface area contributed by atoms with Gasteiger partial charge in [0.15, 0.2) is 5.78 Å². The van der Waals surface area contributed by atoms with Gasteiger partial charge in [0, 0.05) is 11.3 Å². The van der Waals surface area contributed by atoms with Crippen LogP contribution in [0.25, 0.3) is 0 Å². The lowest BCUT2D eigenvalue weighted by atomic mass is 10.1. The van der Waals surface area contributed by atoms with Crippen LogP contribution in [0.5, 0.6) is 5.75 Å². The summed E-state index contributed by atoms with van der Waals surface area (Å²) in [5.74, 6) is -0.340. The Balaban J connectivity index is 2.02. The minimum Gasteiger partial charge on any atom is -0.406 e. The first-order chi connectivity index (χ1) is 9.33. The number of thiophene rings is 1. The number of aryl methyl sites for hydroxylation is 1. The Hall–Kier alpha value is -1.82. The molecule has 0 saturated heterocycles. The van der Waals surface area contributed by atoms with Crippen LogP contribution in [-0.4, -0.2) is 12.1 Å². The number of rotatable bonds is 4. The molecule has 0 aliphatic heterocycles. The molecule has 0 N–H and O–H groups in total. The molecule has 0 radical (unpaired) electrons. The molecule has 0 amide bonds. The van der Waals surface area contributed by atoms with E-state index in [1.165, 1.54) is 35.6 Å². The van der Waals surface area contributed by atoms with Gasteiger partial charge in [0.25, 0.3) is 0 Å². The Labute approximate surface area is 117 Å². The molecule has 1 aromatic heterocycles. The zero-order valence-corrected chi connectivity index (χ0v) is 11.3. The third-order valence-electron chi connectivity index (χ3n) is 2.54. The second kappa shape index (κ2) is 5.66. The second-order valence-electron chi connectivity index (χ2n) is 4.20. The molecule has 0 bridgehead atoms. The van der Waals surface area contributed by atoms with E-state index in [1.54, 1.807) is 6.07 Å². The highest BCUT2D eigenvalue weighted by Crippen LogP contribution is 2.23.